The highest BCUT2D eigenvalue weighted by Gasteiger charge is 2.24. The van der Waals surface area contributed by atoms with Gasteiger partial charge in [-0.1, -0.05) is 19.9 Å². The van der Waals surface area contributed by atoms with E-state index in [4.69, 9.17) is 5.26 Å². The number of nitrogens with zero attached hydrogens (tertiary/aromatic N) is 2. The number of hydrogen-bond donors (Lipinski definition) is 0. The van der Waals surface area contributed by atoms with Crippen LogP contribution in [-0.2, 0) is 0 Å². The van der Waals surface area contributed by atoms with Gasteiger partial charge in [-0.3, -0.25) is 0 Å². The third-order valence-corrected chi connectivity index (χ3v) is 3.31. The Kier molecular flexibility index (Phi) is 3.33. The topological polar surface area (TPSA) is 27.0 Å². The van der Waals surface area contributed by atoms with Crippen LogP contribution in [0.15, 0.2) is 18.2 Å². The number of rotatable bonds is 1. The fraction of sp³-hybridized carbons (Fsp3) is 0.500. The van der Waals surface area contributed by atoms with Crippen molar-refractivity contribution < 1.29 is 4.39 Å². The minimum atomic E-state index is -0.420. The average Bonchev–Trinajstić information content (AvgIpc) is 2.27. The fourth-order valence-electron chi connectivity index (χ4n) is 2.75. The number of benzene rings is 1. The van der Waals surface area contributed by atoms with Crippen molar-refractivity contribution in [3.63, 3.8) is 0 Å². The van der Waals surface area contributed by atoms with E-state index < -0.39 is 5.82 Å². The van der Waals surface area contributed by atoms with E-state index in [-0.39, 0.29) is 5.56 Å². The molecule has 3 heteroatoms. The molecule has 1 aromatic rings. The van der Waals surface area contributed by atoms with Gasteiger partial charge < -0.3 is 4.90 Å². The first-order valence-corrected chi connectivity index (χ1v) is 6.05. The summed E-state index contributed by atoms with van der Waals surface area (Å²) in [5.74, 6) is 0.762. The van der Waals surface area contributed by atoms with Gasteiger partial charge in [-0.15, -0.1) is 0 Å². The molecular weight excluding hydrogens is 215 g/mol. The van der Waals surface area contributed by atoms with Gasteiger partial charge in [0.05, 0.1) is 5.69 Å². The molecule has 1 heterocycles. The SMILES string of the molecule is CC1CC(C)CN(c2cccc(F)c2C#N)C1. The quantitative estimate of drug-likeness (QED) is 0.743. The lowest BCUT2D eigenvalue weighted by atomic mass is 9.91. The largest absolute Gasteiger partial charge is 0.370 e. The van der Waals surface area contributed by atoms with E-state index in [0.717, 1.165) is 18.8 Å². The van der Waals surface area contributed by atoms with Crippen LogP contribution in [0.2, 0.25) is 0 Å². The first-order chi connectivity index (χ1) is 8.11. The minimum Gasteiger partial charge on any atom is -0.370 e. The molecule has 2 nitrogen and oxygen atoms in total. The molecule has 1 fully saturated rings. The highest BCUT2D eigenvalue weighted by molar-refractivity contribution is 5.60. The van der Waals surface area contributed by atoms with Gasteiger partial charge in [0.1, 0.15) is 17.4 Å². The number of anilines is 1. The molecule has 0 radical (unpaired) electrons. The Bertz CT molecular complexity index is 440. The van der Waals surface area contributed by atoms with E-state index in [2.05, 4.69) is 18.7 Å². The van der Waals surface area contributed by atoms with Crippen molar-refractivity contribution in [2.45, 2.75) is 20.3 Å². The molecule has 0 saturated carbocycles. The second-order valence-electron chi connectivity index (χ2n) is 5.10. The Balaban J connectivity index is 2.34. The van der Waals surface area contributed by atoms with Crippen LogP contribution < -0.4 is 4.90 Å². The van der Waals surface area contributed by atoms with Gasteiger partial charge in [-0.05, 0) is 30.4 Å². The highest BCUT2D eigenvalue weighted by atomic mass is 19.1. The maximum atomic E-state index is 13.6. The summed E-state index contributed by atoms with van der Waals surface area (Å²) in [4.78, 5) is 2.14. The van der Waals surface area contributed by atoms with Crippen LogP contribution in [-0.4, -0.2) is 13.1 Å². The second kappa shape index (κ2) is 4.75. The number of hydrogen-bond acceptors (Lipinski definition) is 2. The molecule has 1 aliphatic heterocycles. The summed E-state index contributed by atoms with van der Waals surface area (Å²) < 4.78 is 13.6. The van der Waals surface area contributed by atoms with Crippen LogP contribution in [0.1, 0.15) is 25.8 Å². The van der Waals surface area contributed by atoms with E-state index in [1.807, 2.05) is 12.1 Å². The Morgan fingerprint density at radius 1 is 1.29 bits per heavy atom. The summed E-state index contributed by atoms with van der Waals surface area (Å²) in [5, 5.41) is 9.05. The second-order valence-corrected chi connectivity index (χ2v) is 5.10. The standard InChI is InChI=1S/C14H17FN2/c1-10-6-11(2)9-17(8-10)14-5-3-4-13(15)12(14)7-16/h3-5,10-11H,6,8-9H2,1-2H3. The molecule has 0 aliphatic carbocycles. The van der Waals surface area contributed by atoms with Crippen LogP contribution in [0.4, 0.5) is 10.1 Å². The minimum absolute atomic E-state index is 0.175. The summed E-state index contributed by atoms with van der Waals surface area (Å²) in [6.07, 6.45) is 1.20. The molecule has 0 N–H and O–H groups in total. The van der Waals surface area contributed by atoms with E-state index in [1.165, 1.54) is 12.5 Å². The molecule has 2 atom stereocenters. The smallest absolute Gasteiger partial charge is 0.143 e. The molecule has 1 aliphatic rings. The maximum Gasteiger partial charge on any atom is 0.143 e. The molecular formula is C14H17FN2. The zero-order chi connectivity index (χ0) is 12.4. The molecule has 2 unspecified atom stereocenters. The predicted molar refractivity (Wildman–Crippen MR) is 66.3 cm³/mol. The average molecular weight is 232 g/mol. The molecule has 1 aromatic carbocycles. The van der Waals surface area contributed by atoms with Gasteiger partial charge in [-0.2, -0.15) is 5.26 Å². The molecule has 17 heavy (non-hydrogen) atoms. The highest BCUT2D eigenvalue weighted by Crippen LogP contribution is 2.29. The lowest BCUT2D eigenvalue weighted by molar-refractivity contribution is 0.356. The Morgan fingerprint density at radius 2 is 1.94 bits per heavy atom. The van der Waals surface area contributed by atoms with E-state index in [9.17, 15) is 4.39 Å². The van der Waals surface area contributed by atoms with E-state index in [0.29, 0.717) is 11.8 Å². The van der Waals surface area contributed by atoms with Crippen molar-refractivity contribution in [2.75, 3.05) is 18.0 Å². The molecule has 0 spiro atoms. The van der Waals surface area contributed by atoms with Crippen molar-refractivity contribution in [3.8, 4) is 6.07 Å². The summed E-state index contributed by atoms with van der Waals surface area (Å²) >= 11 is 0. The first-order valence-electron chi connectivity index (χ1n) is 6.05. The Labute approximate surface area is 102 Å². The lowest BCUT2D eigenvalue weighted by Gasteiger charge is -2.37. The number of nitriles is 1. The number of halogens is 1. The fourth-order valence-corrected chi connectivity index (χ4v) is 2.75. The molecule has 0 amide bonds. The molecule has 90 valence electrons. The zero-order valence-corrected chi connectivity index (χ0v) is 10.3. The van der Waals surface area contributed by atoms with Gasteiger partial charge in [0, 0.05) is 13.1 Å². The van der Waals surface area contributed by atoms with Crippen molar-refractivity contribution in [1.29, 1.82) is 5.26 Å². The normalized spacial score (nSPS) is 24.5. The van der Waals surface area contributed by atoms with Crippen LogP contribution in [0, 0.1) is 29.0 Å². The Hall–Kier alpha value is -1.56. The van der Waals surface area contributed by atoms with Crippen LogP contribution in [0.3, 0.4) is 0 Å². The van der Waals surface area contributed by atoms with Crippen molar-refractivity contribution in [2.24, 2.45) is 11.8 Å². The van der Waals surface area contributed by atoms with Gasteiger partial charge in [0.15, 0.2) is 0 Å². The van der Waals surface area contributed by atoms with Crippen LogP contribution in [0.25, 0.3) is 0 Å². The molecule has 2 rings (SSSR count). The monoisotopic (exact) mass is 232 g/mol. The van der Waals surface area contributed by atoms with Gasteiger partial charge in [0.2, 0.25) is 0 Å². The number of piperidine rings is 1. The van der Waals surface area contributed by atoms with Crippen molar-refractivity contribution >= 4 is 5.69 Å². The van der Waals surface area contributed by atoms with Crippen LogP contribution in [0.5, 0.6) is 0 Å². The molecule has 1 saturated heterocycles. The molecule has 0 aromatic heterocycles. The first kappa shape index (κ1) is 11.9. The summed E-state index contributed by atoms with van der Waals surface area (Å²) in [6, 6.07) is 6.84. The third-order valence-electron chi connectivity index (χ3n) is 3.31. The van der Waals surface area contributed by atoms with E-state index >= 15 is 0 Å². The van der Waals surface area contributed by atoms with Gasteiger partial charge in [-0.25, -0.2) is 4.39 Å². The maximum absolute atomic E-state index is 13.6. The molecule has 0 bridgehead atoms. The zero-order valence-electron chi connectivity index (χ0n) is 10.3. The predicted octanol–water partition coefficient (Wildman–Crippen LogP) is 3.18. The van der Waals surface area contributed by atoms with Crippen molar-refractivity contribution in [1.82, 2.24) is 0 Å². The van der Waals surface area contributed by atoms with Crippen LogP contribution >= 0.6 is 0 Å². The van der Waals surface area contributed by atoms with Gasteiger partial charge >= 0.3 is 0 Å². The summed E-state index contributed by atoms with van der Waals surface area (Å²) in [6.45, 7) is 6.22. The Morgan fingerprint density at radius 3 is 2.53 bits per heavy atom. The van der Waals surface area contributed by atoms with Gasteiger partial charge in [0.25, 0.3) is 0 Å². The summed E-state index contributed by atoms with van der Waals surface area (Å²) in [7, 11) is 0. The lowest BCUT2D eigenvalue weighted by Crippen LogP contribution is -2.39. The van der Waals surface area contributed by atoms with E-state index in [1.54, 1.807) is 6.07 Å². The third kappa shape index (κ3) is 2.41. The summed E-state index contributed by atoms with van der Waals surface area (Å²) in [5.41, 5.74) is 0.916. The van der Waals surface area contributed by atoms with Crippen molar-refractivity contribution in [3.05, 3.63) is 29.6 Å².